The maximum absolute atomic E-state index is 11.6. The predicted octanol–water partition coefficient (Wildman–Crippen LogP) is 3.76. The summed E-state index contributed by atoms with van der Waals surface area (Å²) in [5, 5.41) is 0. The fraction of sp³-hybridized carbons (Fsp3) is 0.417. The van der Waals surface area contributed by atoms with Crippen molar-refractivity contribution in [1.29, 1.82) is 0 Å². The van der Waals surface area contributed by atoms with Crippen molar-refractivity contribution in [2.75, 3.05) is 0 Å². The molecule has 0 amide bonds. The van der Waals surface area contributed by atoms with Crippen LogP contribution < -0.4 is 0 Å². The highest BCUT2D eigenvalue weighted by molar-refractivity contribution is 14.1. The normalized spacial score (nSPS) is 12.5. The number of hydrogen-bond donors (Lipinski definition) is 0. The largest absolute Gasteiger partial charge is 0.299 e. The first-order valence-electron chi connectivity index (χ1n) is 4.93. The Bertz CT molecular complexity index is 303. The molecule has 0 aliphatic rings. The fourth-order valence-electron chi connectivity index (χ4n) is 1.40. The highest BCUT2D eigenvalue weighted by Gasteiger charge is 2.13. The summed E-state index contributed by atoms with van der Waals surface area (Å²) in [5.41, 5.74) is 1.13. The molecule has 1 aromatic rings. The van der Waals surface area contributed by atoms with Crippen molar-refractivity contribution < 1.29 is 4.79 Å². The summed E-state index contributed by atoms with van der Waals surface area (Å²) < 4.78 is 1.21. The van der Waals surface area contributed by atoms with Crippen LogP contribution in [0.25, 0.3) is 0 Å². The second-order valence-corrected chi connectivity index (χ2v) is 4.74. The Kier molecular flexibility index (Phi) is 4.58. The molecule has 2 heteroatoms. The lowest BCUT2D eigenvalue weighted by molar-refractivity contribution is -0.120. The molecule has 0 heterocycles. The van der Waals surface area contributed by atoms with Crippen molar-refractivity contribution >= 4 is 28.4 Å². The van der Waals surface area contributed by atoms with E-state index in [0.29, 0.717) is 12.2 Å². The molecule has 0 bridgehead atoms. The van der Waals surface area contributed by atoms with Gasteiger partial charge >= 0.3 is 0 Å². The zero-order valence-corrected chi connectivity index (χ0v) is 10.7. The lowest BCUT2D eigenvalue weighted by Crippen LogP contribution is -2.08. The highest BCUT2D eigenvalue weighted by Crippen LogP contribution is 2.19. The first-order valence-corrected chi connectivity index (χ1v) is 6.01. The minimum absolute atomic E-state index is 0.0481. The maximum atomic E-state index is 11.6. The Balaban J connectivity index is 2.73. The van der Waals surface area contributed by atoms with Gasteiger partial charge in [-0.25, -0.2) is 0 Å². The molecular weight excluding hydrogens is 287 g/mol. The van der Waals surface area contributed by atoms with Gasteiger partial charge in [-0.1, -0.05) is 26.0 Å². The van der Waals surface area contributed by atoms with Gasteiger partial charge in [0.05, 0.1) is 0 Å². The van der Waals surface area contributed by atoms with Crippen molar-refractivity contribution in [2.45, 2.75) is 32.6 Å². The first-order chi connectivity index (χ1) is 6.65. The van der Waals surface area contributed by atoms with Crippen LogP contribution in [0.2, 0.25) is 0 Å². The van der Waals surface area contributed by atoms with Gasteiger partial charge in [-0.3, -0.25) is 4.79 Å². The molecule has 76 valence electrons. The number of benzene rings is 1. The van der Waals surface area contributed by atoms with Crippen LogP contribution in [0, 0.1) is 3.57 Å². The Morgan fingerprint density at radius 3 is 2.43 bits per heavy atom. The zero-order valence-electron chi connectivity index (χ0n) is 8.59. The van der Waals surface area contributed by atoms with Crippen molar-refractivity contribution in [3.63, 3.8) is 0 Å². The van der Waals surface area contributed by atoms with Crippen LogP contribution in [0.4, 0.5) is 0 Å². The molecule has 1 atom stereocenters. The van der Waals surface area contributed by atoms with Crippen LogP contribution in [0.5, 0.6) is 0 Å². The number of carbonyl (C=O) groups excluding carboxylic acids is 1. The van der Waals surface area contributed by atoms with Crippen LogP contribution in [0.15, 0.2) is 24.3 Å². The third-order valence-corrected chi connectivity index (χ3v) is 3.07. The van der Waals surface area contributed by atoms with E-state index in [1.165, 1.54) is 3.57 Å². The lowest BCUT2D eigenvalue weighted by Gasteiger charge is -2.09. The van der Waals surface area contributed by atoms with Crippen LogP contribution >= 0.6 is 22.6 Å². The molecular formula is C12H15IO. The van der Waals surface area contributed by atoms with Gasteiger partial charge in [0.2, 0.25) is 0 Å². The van der Waals surface area contributed by atoms with Crippen LogP contribution in [-0.2, 0) is 4.79 Å². The van der Waals surface area contributed by atoms with E-state index in [4.69, 9.17) is 0 Å². The average molecular weight is 302 g/mol. The van der Waals surface area contributed by atoms with Gasteiger partial charge in [0.15, 0.2) is 0 Å². The van der Waals surface area contributed by atoms with Gasteiger partial charge < -0.3 is 0 Å². The molecule has 0 fully saturated rings. The van der Waals surface area contributed by atoms with Gasteiger partial charge in [0.25, 0.3) is 0 Å². The van der Waals surface area contributed by atoms with Crippen molar-refractivity contribution in [2.24, 2.45) is 0 Å². The minimum Gasteiger partial charge on any atom is -0.299 e. The van der Waals surface area contributed by atoms with Crippen molar-refractivity contribution in [3.05, 3.63) is 33.4 Å². The van der Waals surface area contributed by atoms with E-state index in [9.17, 15) is 4.79 Å². The Morgan fingerprint density at radius 1 is 1.36 bits per heavy atom. The number of carbonyl (C=O) groups is 1. The number of ketones is 1. The third kappa shape index (κ3) is 3.08. The monoisotopic (exact) mass is 302 g/mol. The molecule has 0 aromatic heterocycles. The van der Waals surface area contributed by atoms with E-state index in [-0.39, 0.29) is 5.92 Å². The average Bonchev–Trinajstić information content (AvgIpc) is 2.18. The molecule has 0 aliphatic heterocycles. The molecule has 0 N–H and O–H groups in total. The zero-order chi connectivity index (χ0) is 10.6. The van der Waals surface area contributed by atoms with Crippen molar-refractivity contribution in [3.8, 4) is 0 Å². The first kappa shape index (κ1) is 11.7. The number of Topliss-reactive ketones (excluding diaryl/α,β-unsaturated/α-hetero) is 1. The lowest BCUT2D eigenvalue weighted by atomic mass is 9.94. The number of hydrogen-bond acceptors (Lipinski definition) is 1. The summed E-state index contributed by atoms with van der Waals surface area (Å²) >= 11 is 2.27. The summed E-state index contributed by atoms with van der Waals surface area (Å²) in [4.78, 5) is 11.6. The molecule has 1 unspecified atom stereocenters. The SMILES string of the molecule is CCCC(=O)C(C)c1ccc(I)cc1. The van der Waals surface area contributed by atoms with E-state index in [0.717, 1.165) is 12.0 Å². The third-order valence-electron chi connectivity index (χ3n) is 2.35. The van der Waals surface area contributed by atoms with E-state index >= 15 is 0 Å². The quantitative estimate of drug-likeness (QED) is 0.774. The van der Waals surface area contributed by atoms with Gasteiger partial charge in [-0.05, 0) is 46.7 Å². The Labute approximate surface area is 99.0 Å². The summed E-state index contributed by atoms with van der Waals surface area (Å²) in [7, 11) is 0. The maximum Gasteiger partial charge on any atom is 0.140 e. The molecule has 0 radical (unpaired) electrons. The molecule has 0 saturated heterocycles. The summed E-state index contributed by atoms with van der Waals surface area (Å²) in [6.45, 7) is 4.03. The molecule has 0 spiro atoms. The smallest absolute Gasteiger partial charge is 0.140 e. The van der Waals surface area contributed by atoms with E-state index in [1.54, 1.807) is 0 Å². The molecule has 0 aliphatic carbocycles. The van der Waals surface area contributed by atoms with Gasteiger partial charge in [-0.2, -0.15) is 0 Å². The van der Waals surface area contributed by atoms with E-state index < -0.39 is 0 Å². The van der Waals surface area contributed by atoms with Crippen LogP contribution in [0.3, 0.4) is 0 Å². The molecule has 0 saturated carbocycles. The fourth-order valence-corrected chi connectivity index (χ4v) is 1.76. The Hall–Kier alpha value is -0.380. The summed E-state index contributed by atoms with van der Waals surface area (Å²) in [5.74, 6) is 0.389. The van der Waals surface area contributed by atoms with Gasteiger partial charge in [0, 0.05) is 15.9 Å². The Morgan fingerprint density at radius 2 is 1.93 bits per heavy atom. The highest BCUT2D eigenvalue weighted by atomic mass is 127. The van der Waals surface area contributed by atoms with E-state index in [1.807, 2.05) is 38.1 Å². The van der Waals surface area contributed by atoms with E-state index in [2.05, 4.69) is 22.6 Å². The standard InChI is InChI=1S/C12H15IO/c1-3-4-12(14)9(2)10-5-7-11(13)8-6-10/h5-9H,3-4H2,1-2H3. The summed E-state index contributed by atoms with van der Waals surface area (Å²) in [6, 6.07) is 8.18. The van der Waals surface area contributed by atoms with Gasteiger partial charge in [0.1, 0.15) is 5.78 Å². The van der Waals surface area contributed by atoms with Crippen LogP contribution in [-0.4, -0.2) is 5.78 Å². The molecule has 14 heavy (non-hydrogen) atoms. The molecule has 1 rings (SSSR count). The number of halogens is 1. The minimum atomic E-state index is 0.0481. The predicted molar refractivity (Wildman–Crippen MR) is 67.5 cm³/mol. The topological polar surface area (TPSA) is 17.1 Å². The second kappa shape index (κ2) is 5.49. The van der Waals surface area contributed by atoms with Crippen molar-refractivity contribution in [1.82, 2.24) is 0 Å². The van der Waals surface area contributed by atoms with Crippen LogP contribution in [0.1, 0.15) is 38.2 Å². The van der Waals surface area contributed by atoms with Gasteiger partial charge in [-0.15, -0.1) is 0 Å². The molecule has 1 aromatic carbocycles. The molecule has 1 nitrogen and oxygen atoms in total. The number of rotatable bonds is 4. The summed E-state index contributed by atoms with van der Waals surface area (Å²) in [6.07, 6.45) is 1.63. The second-order valence-electron chi connectivity index (χ2n) is 3.49.